The fraction of sp³-hybridized carbons (Fsp3) is 0.300. The van der Waals surface area contributed by atoms with E-state index in [4.69, 9.17) is 5.11 Å². The van der Waals surface area contributed by atoms with Gasteiger partial charge < -0.3 is 10.4 Å². The minimum Gasteiger partial charge on any atom is -0.465 e. The maximum atomic E-state index is 10.3. The van der Waals surface area contributed by atoms with E-state index in [1.165, 1.54) is 0 Å². The van der Waals surface area contributed by atoms with Gasteiger partial charge in [0.1, 0.15) is 0 Å². The van der Waals surface area contributed by atoms with Crippen LogP contribution < -0.4 is 5.32 Å². The van der Waals surface area contributed by atoms with E-state index in [1.807, 2.05) is 31.2 Å². The smallest absolute Gasteiger partial charge is 0.404 e. The summed E-state index contributed by atoms with van der Waals surface area (Å²) in [5, 5.41) is 10.8. The molecule has 4 heteroatoms. The molecule has 3 nitrogen and oxygen atoms in total. The molecule has 1 aromatic carbocycles. The van der Waals surface area contributed by atoms with Crippen molar-refractivity contribution in [1.82, 2.24) is 5.32 Å². The summed E-state index contributed by atoms with van der Waals surface area (Å²) in [5.41, 5.74) is 1.13. The highest BCUT2D eigenvalue weighted by atomic mass is 79.9. The van der Waals surface area contributed by atoms with Gasteiger partial charge in [0.05, 0.1) is 0 Å². The second-order valence-electron chi connectivity index (χ2n) is 3.14. The average molecular weight is 258 g/mol. The number of benzene rings is 1. The van der Waals surface area contributed by atoms with Gasteiger partial charge in [-0.2, -0.15) is 0 Å². The molecule has 0 saturated heterocycles. The summed E-state index contributed by atoms with van der Waals surface area (Å²) in [6.07, 6.45) is -0.978. The van der Waals surface area contributed by atoms with Gasteiger partial charge in [0.25, 0.3) is 0 Å². The number of nitrogens with one attached hydrogen (secondary N) is 1. The van der Waals surface area contributed by atoms with Crippen molar-refractivity contribution in [2.24, 2.45) is 0 Å². The Morgan fingerprint density at radius 2 is 2.07 bits per heavy atom. The molecule has 0 aromatic heterocycles. The molecule has 0 saturated carbocycles. The average Bonchev–Trinajstić information content (AvgIpc) is 2.15. The number of carbonyl (C=O) groups is 1. The molecule has 0 radical (unpaired) electrons. The number of hydrogen-bond acceptors (Lipinski definition) is 1. The molecule has 76 valence electrons. The SMILES string of the molecule is CC(CNC(=O)O)c1ccc(Br)cc1. The summed E-state index contributed by atoms with van der Waals surface area (Å²) in [5.74, 6) is 0.194. The predicted octanol–water partition coefficient (Wildman–Crippen LogP) is 2.82. The van der Waals surface area contributed by atoms with Crippen molar-refractivity contribution in [3.05, 3.63) is 34.3 Å². The first-order valence-electron chi connectivity index (χ1n) is 4.32. The van der Waals surface area contributed by atoms with Gasteiger partial charge in [-0.1, -0.05) is 35.0 Å². The number of carboxylic acid groups (broad SMARTS) is 1. The Kier molecular flexibility index (Phi) is 3.95. The van der Waals surface area contributed by atoms with Crippen molar-refractivity contribution in [3.8, 4) is 0 Å². The van der Waals surface area contributed by atoms with Crippen molar-refractivity contribution >= 4 is 22.0 Å². The Balaban J connectivity index is 2.56. The third kappa shape index (κ3) is 3.38. The van der Waals surface area contributed by atoms with E-state index in [0.29, 0.717) is 6.54 Å². The maximum absolute atomic E-state index is 10.3. The number of halogens is 1. The Labute approximate surface area is 91.3 Å². The van der Waals surface area contributed by atoms with Crippen LogP contribution >= 0.6 is 15.9 Å². The van der Waals surface area contributed by atoms with E-state index in [2.05, 4.69) is 21.2 Å². The Hall–Kier alpha value is -1.03. The minimum absolute atomic E-state index is 0.194. The molecule has 1 rings (SSSR count). The first kappa shape index (κ1) is 11.0. The van der Waals surface area contributed by atoms with Gasteiger partial charge in [0.2, 0.25) is 0 Å². The lowest BCUT2D eigenvalue weighted by atomic mass is 10.0. The van der Waals surface area contributed by atoms with Crippen LogP contribution in [-0.4, -0.2) is 17.7 Å². The predicted molar refractivity (Wildman–Crippen MR) is 58.6 cm³/mol. The molecule has 0 fully saturated rings. The highest BCUT2D eigenvalue weighted by Gasteiger charge is 2.06. The Bertz CT molecular complexity index is 310. The Morgan fingerprint density at radius 1 is 1.50 bits per heavy atom. The van der Waals surface area contributed by atoms with Crippen molar-refractivity contribution in [3.63, 3.8) is 0 Å². The first-order chi connectivity index (χ1) is 6.59. The summed E-state index contributed by atoms with van der Waals surface area (Å²) in [4.78, 5) is 10.3. The fourth-order valence-electron chi connectivity index (χ4n) is 1.15. The molecule has 0 aliphatic rings. The summed E-state index contributed by atoms with van der Waals surface area (Å²) < 4.78 is 1.03. The zero-order chi connectivity index (χ0) is 10.6. The van der Waals surface area contributed by atoms with Gasteiger partial charge in [-0.25, -0.2) is 4.79 Å². The van der Waals surface area contributed by atoms with Crippen LogP contribution in [0.3, 0.4) is 0 Å². The monoisotopic (exact) mass is 257 g/mol. The Morgan fingerprint density at radius 3 is 2.57 bits per heavy atom. The van der Waals surface area contributed by atoms with Gasteiger partial charge in [-0.15, -0.1) is 0 Å². The second-order valence-corrected chi connectivity index (χ2v) is 4.05. The summed E-state index contributed by atoms with van der Waals surface area (Å²) >= 11 is 3.35. The van der Waals surface area contributed by atoms with E-state index >= 15 is 0 Å². The number of rotatable bonds is 3. The van der Waals surface area contributed by atoms with E-state index in [-0.39, 0.29) is 5.92 Å². The van der Waals surface area contributed by atoms with Crippen LogP contribution in [0.25, 0.3) is 0 Å². The van der Waals surface area contributed by atoms with E-state index in [0.717, 1.165) is 10.0 Å². The summed E-state index contributed by atoms with van der Waals surface area (Å²) in [6.45, 7) is 2.43. The van der Waals surface area contributed by atoms with Crippen LogP contribution in [0.4, 0.5) is 4.79 Å². The lowest BCUT2D eigenvalue weighted by Crippen LogP contribution is -2.25. The van der Waals surface area contributed by atoms with Gasteiger partial charge in [-0.3, -0.25) is 0 Å². The third-order valence-electron chi connectivity index (χ3n) is 2.00. The normalized spacial score (nSPS) is 12.1. The topological polar surface area (TPSA) is 49.3 Å². The highest BCUT2D eigenvalue weighted by Crippen LogP contribution is 2.17. The number of amides is 1. The standard InChI is InChI=1S/C10H12BrNO2/c1-7(6-12-10(13)14)8-2-4-9(11)5-3-8/h2-5,7,12H,6H2,1H3,(H,13,14). The second kappa shape index (κ2) is 5.00. The first-order valence-corrected chi connectivity index (χ1v) is 5.11. The third-order valence-corrected chi connectivity index (χ3v) is 2.53. The minimum atomic E-state index is -0.978. The van der Waals surface area contributed by atoms with E-state index in [9.17, 15) is 4.79 Å². The summed E-state index contributed by atoms with van der Waals surface area (Å²) in [7, 11) is 0. The molecule has 1 atom stereocenters. The molecule has 0 spiro atoms. The quantitative estimate of drug-likeness (QED) is 0.875. The lowest BCUT2D eigenvalue weighted by molar-refractivity contribution is 0.194. The van der Waals surface area contributed by atoms with Crippen LogP contribution in [0.2, 0.25) is 0 Å². The zero-order valence-electron chi connectivity index (χ0n) is 7.83. The van der Waals surface area contributed by atoms with Crippen molar-refractivity contribution in [2.75, 3.05) is 6.54 Å². The molecular formula is C10H12BrNO2. The van der Waals surface area contributed by atoms with Crippen LogP contribution in [-0.2, 0) is 0 Å². The maximum Gasteiger partial charge on any atom is 0.404 e. The molecule has 1 aromatic rings. The van der Waals surface area contributed by atoms with Gasteiger partial charge in [0, 0.05) is 11.0 Å². The number of hydrogen-bond donors (Lipinski definition) is 2. The lowest BCUT2D eigenvalue weighted by Gasteiger charge is -2.11. The molecular weight excluding hydrogens is 246 g/mol. The highest BCUT2D eigenvalue weighted by molar-refractivity contribution is 9.10. The summed E-state index contributed by atoms with van der Waals surface area (Å²) in [6, 6.07) is 7.87. The van der Waals surface area contributed by atoms with E-state index in [1.54, 1.807) is 0 Å². The van der Waals surface area contributed by atoms with Crippen molar-refractivity contribution in [1.29, 1.82) is 0 Å². The molecule has 14 heavy (non-hydrogen) atoms. The van der Waals surface area contributed by atoms with Crippen molar-refractivity contribution < 1.29 is 9.90 Å². The van der Waals surface area contributed by atoms with Crippen LogP contribution in [0.5, 0.6) is 0 Å². The van der Waals surface area contributed by atoms with Crippen LogP contribution in [0, 0.1) is 0 Å². The zero-order valence-corrected chi connectivity index (χ0v) is 9.41. The molecule has 0 heterocycles. The van der Waals surface area contributed by atoms with Gasteiger partial charge in [-0.05, 0) is 23.6 Å². The molecule has 0 aliphatic carbocycles. The van der Waals surface area contributed by atoms with Gasteiger partial charge in [0.15, 0.2) is 0 Å². The molecule has 2 N–H and O–H groups in total. The van der Waals surface area contributed by atoms with Crippen LogP contribution in [0.1, 0.15) is 18.4 Å². The van der Waals surface area contributed by atoms with Gasteiger partial charge >= 0.3 is 6.09 Å². The molecule has 1 amide bonds. The van der Waals surface area contributed by atoms with Crippen molar-refractivity contribution in [2.45, 2.75) is 12.8 Å². The molecule has 0 bridgehead atoms. The molecule has 0 aliphatic heterocycles. The molecule has 1 unspecified atom stereocenters. The fourth-order valence-corrected chi connectivity index (χ4v) is 1.41. The largest absolute Gasteiger partial charge is 0.465 e. The van der Waals surface area contributed by atoms with Crippen LogP contribution in [0.15, 0.2) is 28.7 Å². The van der Waals surface area contributed by atoms with E-state index < -0.39 is 6.09 Å².